The third kappa shape index (κ3) is 5.12. The molecule has 2 amide bonds. The van der Waals surface area contributed by atoms with Gasteiger partial charge in [-0.15, -0.1) is 0 Å². The Hall–Kier alpha value is -2.82. The Morgan fingerprint density at radius 2 is 1.64 bits per heavy atom. The average molecular weight is 380 g/mol. The molecule has 5 heteroatoms. The molecule has 2 aromatic rings. The zero-order valence-corrected chi connectivity index (χ0v) is 16.9. The molecule has 0 spiro atoms. The lowest BCUT2D eigenvalue weighted by atomic mass is 9.96. The molecule has 0 aromatic heterocycles. The topological polar surface area (TPSA) is 61.4 Å². The molecule has 0 bridgehead atoms. The van der Waals surface area contributed by atoms with Crippen molar-refractivity contribution in [2.24, 2.45) is 5.41 Å². The predicted molar refractivity (Wildman–Crippen MR) is 112 cm³/mol. The maximum absolute atomic E-state index is 11.9. The number of amides is 2. The smallest absolute Gasteiger partial charge is 0.239 e. The van der Waals surface area contributed by atoms with Gasteiger partial charge >= 0.3 is 0 Å². The van der Waals surface area contributed by atoms with E-state index in [-0.39, 0.29) is 18.4 Å². The van der Waals surface area contributed by atoms with Crippen molar-refractivity contribution < 1.29 is 9.59 Å². The minimum Gasteiger partial charge on any atom is -0.367 e. The van der Waals surface area contributed by atoms with Gasteiger partial charge in [0.05, 0.1) is 6.54 Å². The maximum atomic E-state index is 11.9. The van der Waals surface area contributed by atoms with Crippen molar-refractivity contribution in [2.45, 2.75) is 40.3 Å². The van der Waals surface area contributed by atoms with Crippen LogP contribution in [0.15, 0.2) is 48.5 Å². The first-order chi connectivity index (χ1) is 13.3. The first-order valence-corrected chi connectivity index (χ1v) is 9.78. The van der Waals surface area contributed by atoms with Gasteiger partial charge in [-0.2, -0.15) is 0 Å². The monoisotopic (exact) mass is 379 g/mol. The van der Waals surface area contributed by atoms with Crippen molar-refractivity contribution in [1.29, 1.82) is 0 Å². The fourth-order valence-electron chi connectivity index (χ4n) is 3.24. The quantitative estimate of drug-likeness (QED) is 0.811. The lowest BCUT2D eigenvalue weighted by Crippen LogP contribution is -2.41. The van der Waals surface area contributed by atoms with E-state index in [1.807, 2.05) is 32.9 Å². The number of anilines is 1. The summed E-state index contributed by atoms with van der Waals surface area (Å²) < 4.78 is 0. The number of hydrogen-bond donors (Lipinski definition) is 2. The number of nitrogens with one attached hydrogen (secondary N) is 2. The van der Waals surface area contributed by atoms with Crippen molar-refractivity contribution in [3.63, 3.8) is 0 Å². The Labute approximate surface area is 167 Å². The van der Waals surface area contributed by atoms with E-state index in [2.05, 4.69) is 51.9 Å². The van der Waals surface area contributed by atoms with E-state index in [9.17, 15) is 9.59 Å². The van der Waals surface area contributed by atoms with Crippen LogP contribution in [0.5, 0.6) is 0 Å². The van der Waals surface area contributed by atoms with Crippen LogP contribution < -0.4 is 15.5 Å². The third-order valence-corrected chi connectivity index (χ3v) is 4.96. The van der Waals surface area contributed by atoms with Gasteiger partial charge in [-0.25, -0.2) is 0 Å². The maximum Gasteiger partial charge on any atom is 0.239 e. The number of carbonyl (C=O) groups excluding carboxylic acids is 2. The minimum atomic E-state index is -0.494. The summed E-state index contributed by atoms with van der Waals surface area (Å²) in [6.07, 6.45) is 1.10. The molecule has 2 aromatic carbocycles. The second-order valence-corrected chi connectivity index (χ2v) is 8.33. The molecule has 0 unspecified atom stereocenters. The van der Waals surface area contributed by atoms with Gasteiger partial charge in [0.25, 0.3) is 0 Å². The van der Waals surface area contributed by atoms with E-state index in [0.29, 0.717) is 6.54 Å². The van der Waals surface area contributed by atoms with Gasteiger partial charge in [-0.1, -0.05) is 63.2 Å². The van der Waals surface area contributed by atoms with Gasteiger partial charge in [0.2, 0.25) is 11.8 Å². The molecule has 0 saturated heterocycles. The standard InChI is InChI=1S/C23H29N3O2/c1-23(2,3)22(28)25-15-21(27)24-14-17-8-10-18(11-9-17)16-26-13-12-19-6-4-5-7-20(19)26/h4-11H,12-16H2,1-3H3,(H,24,27)(H,25,28). The fraction of sp³-hybridized carbons (Fsp3) is 0.391. The van der Waals surface area contributed by atoms with Crippen molar-refractivity contribution in [3.8, 4) is 0 Å². The summed E-state index contributed by atoms with van der Waals surface area (Å²) in [5.74, 6) is -0.314. The number of carbonyl (C=O) groups is 2. The summed E-state index contributed by atoms with van der Waals surface area (Å²) >= 11 is 0. The molecular weight excluding hydrogens is 350 g/mol. The van der Waals surface area contributed by atoms with Gasteiger partial charge < -0.3 is 15.5 Å². The number of fused-ring (bicyclic) bond motifs is 1. The van der Waals surface area contributed by atoms with Crippen LogP contribution in [0.1, 0.15) is 37.5 Å². The van der Waals surface area contributed by atoms with Crippen LogP contribution in [0, 0.1) is 5.41 Å². The summed E-state index contributed by atoms with van der Waals surface area (Å²) in [4.78, 5) is 26.1. The zero-order valence-electron chi connectivity index (χ0n) is 16.9. The Balaban J connectivity index is 1.46. The molecule has 1 aliphatic rings. The predicted octanol–water partition coefficient (Wildman–Crippen LogP) is 3.03. The zero-order chi connectivity index (χ0) is 20.1. The molecule has 0 saturated carbocycles. The second-order valence-electron chi connectivity index (χ2n) is 8.33. The number of hydrogen-bond acceptors (Lipinski definition) is 3. The summed E-state index contributed by atoms with van der Waals surface area (Å²) in [7, 11) is 0. The highest BCUT2D eigenvalue weighted by Gasteiger charge is 2.21. The van der Waals surface area contributed by atoms with Crippen LogP contribution in [0.2, 0.25) is 0 Å². The van der Waals surface area contributed by atoms with Gasteiger partial charge in [0.15, 0.2) is 0 Å². The van der Waals surface area contributed by atoms with Crippen LogP contribution in [0.4, 0.5) is 5.69 Å². The lowest BCUT2D eigenvalue weighted by Gasteiger charge is -2.19. The van der Waals surface area contributed by atoms with Gasteiger partial charge in [0, 0.05) is 30.7 Å². The van der Waals surface area contributed by atoms with Crippen LogP contribution in [0.3, 0.4) is 0 Å². The Bertz CT molecular complexity index is 838. The van der Waals surface area contributed by atoms with Crippen molar-refractivity contribution in [2.75, 3.05) is 18.0 Å². The molecule has 28 heavy (non-hydrogen) atoms. The normalized spacial score (nSPS) is 13.2. The molecule has 0 radical (unpaired) electrons. The van der Waals surface area contributed by atoms with Gasteiger partial charge in [-0.05, 0) is 29.2 Å². The SMILES string of the molecule is CC(C)(C)C(=O)NCC(=O)NCc1ccc(CN2CCc3ccccc32)cc1. The third-order valence-electron chi connectivity index (χ3n) is 4.96. The van der Waals surface area contributed by atoms with E-state index in [0.717, 1.165) is 25.1 Å². The minimum absolute atomic E-state index is 0.00254. The van der Waals surface area contributed by atoms with Crippen LogP contribution in [-0.2, 0) is 29.1 Å². The molecular formula is C23H29N3O2. The average Bonchev–Trinajstić information content (AvgIpc) is 3.08. The van der Waals surface area contributed by atoms with E-state index in [4.69, 9.17) is 0 Å². The summed E-state index contributed by atoms with van der Waals surface area (Å²) in [6.45, 7) is 7.87. The van der Waals surface area contributed by atoms with Crippen molar-refractivity contribution in [1.82, 2.24) is 10.6 Å². The molecule has 1 aliphatic heterocycles. The van der Waals surface area contributed by atoms with E-state index < -0.39 is 5.41 Å². The number of nitrogens with zero attached hydrogens (tertiary/aromatic N) is 1. The molecule has 0 atom stereocenters. The molecule has 2 N–H and O–H groups in total. The Morgan fingerprint density at radius 1 is 0.964 bits per heavy atom. The molecule has 1 heterocycles. The van der Waals surface area contributed by atoms with Crippen LogP contribution >= 0.6 is 0 Å². The first-order valence-electron chi connectivity index (χ1n) is 9.78. The van der Waals surface area contributed by atoms with Crippen molar-refractivity contribution in [3.05, 3.63) is 65.2 Å². The largest absolute Gasteiger partial charge is 0.367 e. The van der Waals surface area contributed by atoms with Crippen LogP contribution in [-0.4, -0.2) is 24.9 Å². The number of rotatable bonds is 6. The summed E-state index contributed by atoms with van der Waals surface area (Å²) in [5.41, 5.74) is 4.55. The first kappa shape index (κ1) is 19.9. The highest BCUT2D eigenvalue weighted by Crippen LogP contribution is 2.28. The Kier molecular flexibility index (Phi) is 6.02. The molecule has 0 fully saturated rings. The Morgan fingerprint density at radius 3 is 2.36 bits per heavy atom. The molecule has 148 valence electrons. The number of benzene rings is 2. The van der Waals surface area contributed by atoms with E-state index in [1.54, 1.807) is 0 Å². The molecule has 3 rings (SSSR count). The van der Waals surface area contributed by atoms with Gasteiger partial charge in [-0.3, -0.25) is 9.59 Å². The van der Waals surface area contributed by atoms with Gasteiger partial charge in [0.1, 0.15) is 0 Å². The molecule has 5 nitrogen and oxygen atoms in total. The fourth-order valence-corrected chi connectivity index (χ4v) is 3.24. The highest BCUT2D eigenvalue weighted by atomic mass is 16.2. The van der Waals surface area contributed by atoms with E-state index in [1.165, 1.54) is 16.8 Å². The lowest BCUT2D eigenvalue weighted by molar-refractivity contribution is -0.131. The second kappa shape index (κ2) is 8.46. The van der Waals surface area contributed by atoms with E-state index >= 15 is 0 Å². The molecule has 0 aliphatic carbocycles. The summed E-state index contributed by atoms with van der Waals surface area (Å²) in [6, 6.07) is 16.9. The number of para-hydroxylation sites is 1. The van der Waals surface area contributed by atoms with Crippen LogP contribution in [0.25, 0.3) is 0 Å². The van der Waals surface area contributed by atoms with Crippen molar-refractivity contribution >= 4 is 17.5 Å². The summed E-state index contributed by atoms with van der Waals surface area (Å²) in [5, 5.41) is 5.51. The highest BCUT2D eigenvalue weighted by molar-refractivity contribution is 5.87.